The van der Waals surface area contributed by atoms with E-state index in [2.05, 4.69) is 20.5 Å². The van der Waals surface area contributed by atoms with Crippen LogP contribution in [0.3, 0.4) is 0 Å². The Labute approximate surface area is 141 Å². The van der Waals surface area contributed by atoms with E-state index >= 15 is 0 Å². The van der Waals surface area contributed by atoms with Gasteiger partial charge >= 0.3 is 0 Å². The number of H-pyrrole nitrogens is 1. The van der Waals surface area contributed by atoms with Gasteiger partial charge in [0, 0.05) is 11.8 Å². The van der Waals surface area contributed by atoms with Crippen LogP contribution in [0.25, 0.3) is 11.3 Å². The van der Waals surface area contributed by atoms with Gasteiger partial charge in [0.05, 0.1) is 5.69 Å². The number of aromatic nitrogens is 3. The summed E-state index contributed by atoms with van der Waals surface area (Å²) in [5.41, 5.74) is 1.61. The van der Waals surface area contributed by atoms with Crippen LogP contribution in [0, 0.1) is 29.9 Å². The number of carbonyl (C=O) groups excluding carboxylic acids is 1. The van der Waals surface area contributed by atoms with Crippen LogP contribution in [-0.2, 0) is 0 Å². The summed E-state index contributed by atoms with van der Waals surface area (Å²) in [7, 11) is 0. The van der Waals surface area contributed by atoms with Crippen molar-refractivity contribution in [1.29, 1.82) is 5.26 Å². The number of rotatable bonds is 3. The predicted octanol–water partition coefficient (Wildman–Crippen LogP) is 3.18. The lowest BCUT2D eigenvalue weighted by Gasteiger charge is -2.05. The Morgan fingerprint density at radius 1 is 1.28 bits per heavy atom. The van der Waals surface area contributed by atoms with Crippen molar-refractivity contribution in [3.8, 4) is 17.3 Å². The summed E-state index contributed by atoms with van der Waals surface area (Å²) in [6, 6.07) is 8.26. The van der Waals surface area contributed by atoms with Gasteiger partial charge in [0.1, 0.15) is 29.1 Å². The van der Waals surface area contributed by atoms with Crippen LogP contribution in [0.4, 0.5) is 14.5 Å². The molecule has 6 nitrogen and oxygen atoms in total. The fourth-order valence-electron chi connectivity index (χ4n) is 2.27. The van der Waals surface area contributed by atoms with Crippen molar-refractivity contribution in [1.82, 2.24) is 15.2 Å². The topological polar surface area (TPSA) is 94.5 Å². The molecule has 0 fully saturated rings. The van der Waals surface area contributed by atoms with Crippen molar-refractivity contribution in [2.24, 2.45) is 0 Å². The van der Waals surface area contributed by atoms with E-state index in [1.165, 1.54) is 18.3 Å². The van der Waals surface area contributed by atoms with Gasteiger partial charge in [0.2, 0.25) is 0 Å². The summed E-state index contributed by atoms with van der Waals surface area (Å²) in [6.07, 6.45) is 1.49. The molecular weight excluding hydrogens is 328 g/mol. The van der Waals surface area contributed by atoms with Crippen molar-refractivity contribution >= 4 is 11.6 Å². The molecule has 3 aromatic rings. The zero-order valence-corrected chi connectivity index (χ0v) is 13.0. The van der Waals surface area contributed by atoms with Gasteiger partial charge in [0.25, 0.3) is 5.91 Å². The van der Waals surface area contributed by atoms with Gasteiger partial charge in [-0.25, -0.2) is 13.8 Å². The number of halogens is 2. The highest BCUT2D eigenvalue weighted by atomic mass is 19.1. The Bertz CT molecular complexity index is 986. The molecule has 2 N–H and O–H groups in total. The first-order valence-electron chi connectivity index (χ1n) is 7.17. The monoisotopic (exact) mass is 339 g/mol. The highest BCUT2D eigenvalue weighted by molar-refractivity contribution is 6.03. The van der Waals surface area contributed by atoms with Gasteiger partial charge < -0.3 is 5.32 Å². The summed E-state index contributed by atoms with van der Waals surface area (Å²) in [5, 5.41) is 17.5. The zero-order valence-electron chi connectivity index (χ0n) is 13.0. The molecule has 0 atom stereocenters. The number of hydrogen-bond acceptors (Lipinski definition) is 4. The van der Waals surface area contributed by atoms with E-state index in [1.54, 1.807) is 13.0 Å². The standard InChI is InChI=1S/C17H11F2N5O/c1-9-5-10(7-20)21-8-11(9)14-6-15(24-23-14)17(25)22-16-12(18)3-2-4-13(16)19/h2-6,8H,1H3,(H,22,25)(H,23,24). The third-order valence-electron chi connectivity index (χ3n) is 3.53. The second-order valence-electron chi connectivity index (χ2n) is 5.21. The van der Waals surface area contributed by atoms with Crippen LogP contribution in [0.15, 0.2) is 36.5 Å². The summed E-state index contributed by atoms with van der Waals surface area (Å²) in [5.74, 6) is -2.52. The lowest BCUT2D eigenvalue weighted by molar-refractivity contribution is 0.102. The van der Waals surface area contributed by atoms with Crippen molar-refractivity contribution in [2.75, 3.05) is 5.32 Å². The third-order valence-corrected chi connectivity index (χ3v) is 3.53. The molecule has 1 aromatic carbocycles. The number of nitrogens with one attached hydrogen (secondary N) is 2. The normalized spacial score (nSPS) is 10.3. The zero-order chi connectivity index (χ0) is 18.0. The van der Waals surface area contributed by atoms with E-state index in [9.17, 15) is 13.6 Å². The van der Waals surface area contributed by atoms with Crippen molar-refractivity contribution < 1.29 is 13.6 Å². The molecule has 124 valence electrons. The number of nitriles is 1. The second-order valence-corrected chi connectivity index (χ2v) is 5.21. The lowest BCUT2D eigenvalue weighted by atomic mass is 10.1. The van der Waals surface area contributed by atoms with Crippen LogP contribution in [0.5, 0.6) is 0 Å². The fourth-order valence-corrected chi connectivity index (χ4v) is 2.27. The van der Waals surface area contributed by atoms with Gasteiger partial charge in [-0.2, -0.15) is 10.4 Å². The number of benzene rings is 1. The Balaban J connectivity index is 1.86. The van der Waals surface area contributed by atoms with E-state index in [4.69, 9.17) is 5.26 Å². The molecule has 3 rings (SSSR count). The van der Waals surface area contributed by atoms with Crippen LogP contribution >= 0.6 is 0 Å². The number of pyridine rings is 1. The van der Waals surface area contributed by atoms with Gasteiger partial charge in [-0.15, -0.1) is 0 Å². The smallest absolute Gasteiger partial charge is 0.276 e. The number of nitrogens with zero attached hydrogens (tertiary/aromatic N) is 3. The second kappa shape index (κ2) is 6.49. The molecule has 1 amide bonds. The summed E-state index contributed by atoms with van der Waals surface area (Å²) >= 11 is 0. The van der Waals surface area contributed by atoms with E-state index < -0.39 is 23.2 Å². The molecule has 8 heteroatoms. The third kappa shape index (κ3) is 3.21. The summed E-state index contributed by atoms with van der Waals surface area (Å²) in [6.45, 7) is 1.78. The highest BCUT2D eigenvalue weighted by Crippen LogP contribution is 2.23. The average molecular weight is 339 g/mol. The number of aryl methyl sites for hydroxylation is 1. The maximum atomic E-state index is 13.6. The first-order chi connectivity index (χ1) is 12.0. The molecule has 2 heterocycles. The number of amides is 1. The molecule has 0 aliphatic heterocycles. The Kier molecular flexibility index (Phi) is 4.22. The Hall–Kier alpha value is -3.60. The molecule has 0 unspecified atom stereocenters. The molecule has 0 saturated carbocycles. The average Bonchev–Trinajstić information content (AvgIpc) is 3.08. The minimum absolute atomic E-state index is 0.0404. The quantitative estimate of drug-likeness (QED) is 0.766. The summed E-state index contributed by atoms with van der Waals surface area (Å²) in [4.78, 5) is 16.1. The molecule has 2 aromatic heterocycles. The molecular formula is C17H11F2N5O. The SMILES string of the molecule is Cc1cc(C#N)ncc1-c1cc(C(=O)Nc2c(F)cccc2F)n[nH]1. The highest BCUT2D eigenvalue weighted by Gasteiger charge is 2.17. The molecule has 0 spiro atoms. The first kappa shape index (κ1) is 16.3. The maximum absolute atomic E-state index is 13.6. The van der Waals surface area contributed by atoms with E-state index in [1.807, 2.05) is 6.07 Å². The van der Waals surface area contributed by atoms with Gasteiger partial charge in [0.15, 0.2) is 5.69 Å². The Morgan fingerprint density at radius 2 is 2.00 bits per heavy atom. The van der Waals surface area contributed by atoms with E-state index in [-0.39, 0.29) is 11.4 Å². The van der Waals surface area contributed by atoms with E-state index in [0.717, 1.165) is 17.7 Å². The van der Waals surface area contributed by atoms with Gasteiger partial charge in [-0.05, 0) is 36.8 Å². The largest absolute Gasteiger partial charge is 0.316 e. The van der Waals surface area contributed by atoms with Crippen LogP contribution in [0.1, 0.15) is 21.7 Å². The van der Waals surface area contributed by atoms with Crippen LogP contribution in [0.2, 0.25) is 0 Å². The van der Waals surface area contributed by atoms with Crippen molar-refractivity contribution in [3.05, 3.63) is 65.1 Å². The molecule has 0 saturated heterocycles. The minimum atomic E-state index is -0.878. The van der Waals surface area contributed by atoms with Crippen LogP contribution in [-0.4, -0.2) is 21.1 Å². The lowest BCUT2D eigenvalue weighted by Crippen LogP contribution is -2.14. The number of hydrogen-bond donors (Lipinski definition) is 2. The molecule has 0 bridgehead atoms. The minimum Gasteiger partial charge on any atom is -0.316 e. The maximum Gasteiger partial charge on any atom is 0.276 e. The van der Waals surface area contributed by atoms with Gasteiger partial charge in [-0.3, -0.25) is 9.89 Å². The molecule has 0 aliphatic rings. The number of anilines is 1. The predicted molar refractivity (Wildman–Crippen MR) is 85.6 cm³/mol. The molecule has 25 heavy (non-hydrogen) atoms. The first-order valence-corrected chi connectivity index (χ1v) is 7.17. The van der Waals surface area contributed by atoms with Crippen LogP contribution < -0.4 is 5.32 Å². The number of carbonyl (C=O) groups is 1. The molecule has 0 radical (unpaired) electrons. The fraction of sp³-hybridized carbons (Fsp3) is 0.0588. The Morgan fingerprint density at radius 3 is 2.64 bits per heavy atom. The van der Waals surface area contributed by atoms with Gasteiger partial charge in [-0.1, -0.05) is 6.07 Å². The van der Waals surface area contributed by atoms with Crippen molar-refractivity contribution in [3.63, 3.8) is 0 Å². The summed E-state index contributed by atoms with van der Waals surface area (Å²) < 4.78 is 27.2. The van der Waals surface area contributed by atoms with E-state index in [0.29, 0.717) is 11.3 Å². The molecule has 0 aliphatic carbocycles. The number of para-hydroxylation sites is 1. The number of aromatic amines is 1. The van der Waals surface area contributed by atoms with Crippen molar-refractivity contribution in [2.45, 2.75) is 6.92 Å².